The predicted molar refractivity (Wildman–Crippen MR) is 115 cm³/mol. The van der Waals surface area contributed by atoms with Crippen LogP contribution in [0.4, 0.5) is 5.82 Å². The molecular weight excluding hydrogens is 382 g/mol. The topological polar surface area (TPSA) is 89.3 Å². The average Bonchev–Trinajstić information content (AvgIpc) is 3.38. The first-order valence-corrected chi connectivity index (χ1v) is 10.1. The number of carbonyl (C=O) groups excluding carboxylic acids is 1. The highest BCUT2D eigenvalue weighted by molar-refractivity contribution is 5.87. The van der Waals surface area contributed by atoms with Crippen LogP contribution in [0.1, 0.15) is 25.3 Å². The minimum absolute atomic E-state index is 0.196. The van der Waals surface area contributed by atoms with Gasteiger partial charge in [0.05, 0.1) is 7.11 Å². The number of hydrogen-bond donors (Lipinski definition) is 0. The Morgan fingerprint density at radius 2 is 2.13 bits per heavy atom. The molecule has 3 aromatic rings. The van der Waals surface area contributed by atoms with Crippen LogP contribution in [-0.4, -0.2) is 68.6 Å². The number of fused-ring (bicyclic) bond motifs is 1. The molecule has 4 heterocycles. The highest BCUT2D eigenvalue weighted by Crippen LogP contribution is 2.30. The summed E-state index contributed by atoms with van der Waals surface area (Å²) in [6.07, 6.45) is 4.78. The number of anilines is 1. The van der Waals surface area contributed by atoms with Gasteiger partial charge in [-0.3, -0.25) is 4.79 Å². The van der Waals surface area contributed by atoms with Gasteiger partial charge in [0, 0.05) is 57.0 Å². The van der Waals surface area contributed by atoms with Gasteiger partial charge in [-0.15, -0.1) is 0 Å². The number of carbonyl (C=O) groups is 1. The van der Waals surface area contributed by atoms with Gasteiger partial charge < -0.3 is 19.1 Å². The number of likely N-dealkylation sites (N-methyl/N-ethyl adjacent to an activating group) is 1. The molecule has 158 valence electrons. The van der Waals surface area contributed by atoms with Crippen molar-refractivity contribution in [3.8, 4) is 17.3 Å². The average molecular weight is 409 g/mol. The minimum atomic E-state index is 0.196. The van der Waals surface area contributed by atoms with E-state index in [0.29, 0.717) is 18.8 Å². The van der Waals surface area contributed by atoms with Crippen molar-refractivity contribution >= 4 is 22.9 Å². The number of methoxy groups -OCH3 is 1. The number of hydrogen-bond acceptors (Lipinski definition) is 7. The molecule has 9 nitrogen and oxygen atoms in total. The van der Waals surface area contributed by atoms with Crippen LogP contribution in [-0.2, 0) is 11.8 Å². The maximum atomic E-state index is 12.1. The van der Waals surface area contributed by atoms with E-state index >= 15 is 0 Å². The van der Waals surface area contributed by atoms with Crippen LogP contribution in [0.25, 0.3) is 22.6 Å². The number of rotatable bonds is 5. The quantitative estimate of drug-likeness (QED) is 0.638. The fourth-order valence-electron chi connectivity index (χ4n) is 4.08. The first kappa shape index (κ1) is 20.1. The molecule has 0 N–H and O–H groups in total. The Balaban J connectivity index is 1.70. The summed E-state index contributed by atoms with van der Waals surface area (Å²) in [5.74, 6) is 2.34. The number of aryl methyl sites for hydroxylation is 2. The molecule has 1 fully saturated rings. The molecule has 0 aromatic carbocycles. The SMILES string of the molecule is CCC(=O)N1CCC(N(C)c2ncnc3c2nc(-c2cnc(OC)c(C)c2)n3C)C1. The Bertz CT molecular complexity index is 1090. The van der Waals surface area contributed by atoms with E-state index in [-0.39, 0.29) is 11.9 Å². The molecule has 3 aromatic heterocycles. The van der Waals surface area contributed by atoms with Crippen LogP contribution in [0.5, 0.6) is 5.88 Å². The van der Waals surface area contributed by atoms with E-state index in [1.54, 1.807) is 19.6 Å². The van der Waals surface area contributed by atoms with Crippen LogP contribution < -0.4 is 9.64 Å². The number of pyridine rings is 1. The van der Waals surface area contributed by atoms with E-state index in [2.05, 4.69) is 19.9 Å². The Labute approximate surface area is 175 Å². The molecule has 30 heavy (non-hydrogen) atoms. The first-order valence-electron chi connectivity index (χ1n) is 10.1. The number of imidazole rings is 1. The first-order chi connectivity index (χ1) is 14.4. The minimum Gasteiger partial charge on any atom is -0.481 e. The number of aromatic nitrogens is 5. The Hall–Kier alpha value is -3.23. The van der Waals surface area contributed by atoms with Gasteiger partial charge in [-0.25, -0.2) is 19.9 Å². The van der Waals surface area contributed by atoms with Gasteiger partial charge in [-0.2, -0.15) is 0 Å². The number of nitrogens with zero attached hydrogens (tertiary/aromatic N) is 7. The van der Waals surface area contributed by atoms with Crippen LogP contribution >= 0.6 is 0 Å². The van der Waals surface area contributed by atoms with Gasteiger partial charge in [0.1, 0.15) is 12.2 Å². The van der Waals surface area contributed by atoms with Crippen molar-refractivity contribution in [1.82, 2.24) is 29.4 Å². The summed E-state index contributed by atoms with van der Waals surface area (Å²) in [6, 6.07) is 2.21. The molecule has 0 radical (unpaired) electrons. The summed E-state index contributed by atoms with van der Waals surface area (Å²) < 4.78 is 7.23. The second-order valence-electron chi connectivity index (χ2n) is 7.66. The highest BCUT2D eigenvalue weighted by Gasteiger charge is 2.30. The third kappa shape index (κ3) is 3.34. The van der Waals surface area contributed by atoms with Crippen LogP contribution in [0.15, 0.2) is 18.6 Å². The molecule has 0 bridgehead atoms. The number of likely N-dealkylation sites (tertiary alicyclic amines) is 1. The van der Waals surface area contributed by atoms with Gasteiger partial charge in [-0.05, 0) is 19.4 Å². The third-order valence-electron chi connectivity index (χ3n) is 5.82. The zero-order valence-corrected chi connectivity index (χ0v) is 18.1. The van der Waals surface area contributed by atoms with Gasteiger partial charge in [0.25, 0.3) is 0 Å². The lowest BCUT2D eigenvalue weighted by Crippen LogP contribution is -2.36. The van der Waals surface area contributed by atoms with Crippen LogP contribution in [0.3, 0.4) is 0 Å². The Morgan fingerprint density at radius 3 is 2.83 bits per heavy atom. The monoisotopic (exact) mass is 409 g/mol. The van der Waals surface area contributed by atoms with E-state index in [0.717, 1.165) is 46.9 Å². The van der Waals surface area contributed by atoms with Crippen molar-refractivity contribution in [2.75, 3.05) is 32.1 Å². The van der Waals surface area contributed by atoms with Crippen molar-refractivity contribution in [2.24, 2.45) is 7.05 Å². The summed E-state index contributed by atoms with van der Waals surface area (Å²) in [5.41, 5.74) is 3.33. The van der Waals surface area contributed by atoms with Crippen molar-refractivity contribution in [2.45, 2.75) is 32.7 Å². The van der Waals surface area contributed by atoms with E-state index in [1.165, 1.54) is 0 Å². The molecule has 1 unspecified atom stereocenters. The summed E-state index contributed by atoms with van der Waals surface area (Å²) in [7, 11) is 5.57. The van der Waals surface area contributed by atoms with Crippen LogP contribution in [0, 0.1) is 6.92 Å². The van der Waals surface area contributed by atoms with Gasteiger partial charge in [0.2, 0.25) is 11.8 Å². The molecule has 1 atom stereocenters. The molecule has 0 saturated carbocycles. The lowest BCUT2D eigenvalue weighted by molar-refractivity contribution is -0.129. The van der Waals surface area contributed by atoms with Crippen LogP contribution in [0.2, 0.25) is 0 Å². The Kier molecular flexibility index (Phi) is 5.27. The molecule has 4 rings (SSSR count). The highest BCUT2D eigenvalue weighted by atomic mass is 16.5. The standard InChI is InChI=1S/C21H27N7O2/c1-6-16(29)28-8-7-15(11-28)26(3)19-17-20(24-12-23-19)27(4)18(25-17)14-9-13(2)21(30-5)22-10-14/h9-10,12,15H,6-8,11H2,1-5H3. The fourth-order valence-corrected chi connectivity index (χ4v) is 4.08. The molecule has 1 saturated heterocycles. The van der Waals surface area contributed by atoms with Crippen molar-refractivity contribution in [3.63, 3.8) is 0 Å². The summed E-state index contributed by atoms with van der Waals surface area (Å²) in [6.45, 7) is 5.34. The van der Waals surface area contributed by atoms with Gasteiger partial charge in [-0.1, -0.05) is 6.92 Å². The largest absolute Gasteiger partial charge is 0.481 e. The zero-order chi connectivity index (χ0) is 21.4. The predicted octanol–water partition coefficient (Wildman–Crippen LogP) is 2.19. The molecule has 1 aliphatic heterocycles. The second-order valence-corrected chi connectivity index (χ2v) is 7.66. The van der Waals surface area contributed by atoms with E-state index in [4.69, 9.17) is 9.72 Å². The molecule has 1 amide bonds. The lowest BCUT2D eigenvalue weighted by atomic mass is 10.2. The second kappa shape index (κ2) is 7.89. The van der Waals surface area contributed by atoms with E-state index < -0.39 is 0 Å². The van der Waals surface area contributed by atoms with Gasteiger partial charge in [0.15, 0.2) is 17.0 Å². The molecule has 9 heteroatoms. The smallest absolute Gasteiger partial charge is 0.222 e. The number of amides is 1. The summed E-state index contributed by atoms with van der Waals surface area (Å²) >= 11 is 0. The van der Waals surface area contributed by atoms with E-state index in [1.807, 2.05) is 43.5 Å². The zero-order valence-electron chi connectivity index (χ0n) is 18.1. The molecule has 0 spiro atoms. The Morgan fingerprint density at radius 1 is 1.33 bits per heavy atom. The lowest BCUT2D eigenvalue weighted by Gasteiger charge is -2.25. The maximum absolute atomic E-state index is 12.1. The third-order valence-corrected chi connectivity index (χ3v) is 5.82. The fraction of sp³-hybridized carbons (Fsp3) is 0.476. The molecular formula is C21H27N7O2. The van der Waals surface area contributed by atoms with Crippen molar-refractivity contribution < 1.29 is 9.53 Å². The summed E-state index contributed by atoms with van der Waals surface area (Å²) in [4.78, 5) is 34.4. The van der Waals surface area contributed by atoms with Crippen molar-refractivity contribution in [3.05, 3.63) is 24.2 Å². The molecule has 1 aliphatic rings. The maximum Gasteiger partial charge on any atom is 0.222 e. The number of ether oxygens (including phenoxy) is 1. The normalized spacial score (nSPS) is 16.3. The van der Waals surface area contributed by atoms with Gasteiger partial charge >= 0.3 is 0 Å². The van der Waals surface area contributed by atoms with Crippen molar-refractivity contribution in [1.29, 1.82) is 0 Å². The summed E-state index contributed by atoms with van der Waals surface area (Å²) in [5, 5.41) is 0. The molecule has 0 aliphatic carbocycles. The van der Waals surface area contributed by atoms with E-state index in [9.17, 15) is 4.79 Å².